The molecule has 0 saturated carbocycles. The summed E-state index contributed by atoms with van der Waals surface area (Å²) in [5.74, 6) is 1.39. The third-order valence-corrected chi connectivity index (χ3v) is 4.35. The van der Waals surface area contributed by atoms with Gasteiger partial charge in [-0.2, -0.15) is 0 Å². The largest absolute Gasteiger partial charge is 0.461 e. The number of hydrogen-bond acceptors (Lipinski definition) is 5. The third kappa shape index (κ3) is 2.74. The van der Waals surface area contributed by atoms with Crippen molar-refractivity contribution >= 4 is 33.4 Å². The second-order valence-corrected chi connectivity index (χ2v) is 5.89. The molecule has 4 nitrogen and oxygen atoms in total. The summed E-state index contributed by atoms with van der Waals surface area (Å²) in [5, 5.41) is 0.822. The molecule has 4 aromatic rings. The highest BCUT2D eigenvalue weighted by Crippen LogP contribution is 2.31. The Morgan fingerprint density at radius 2 is 2.00 bits per heavy atom. The van der Waals surface area contributed by atoms with Gasteiger partial charge in [-0.1, -0.05) is 12.1 Å². The zero-order valence-corrected chi connectivity index (χ0v) is 12.7. The van der Waals surface area contributed by atoms with Crippen molar-refractivity contribution < 1.29 is 13.6 Å². The van der Waals surface area contributed by atoms with Crippen molar-refractivity contribution in [3.63, 3.8) is 0 Å². The smallest absolute Gasteiger partial charge is 0.221 e. The van der Waals surface area contributed by atoms with E-state index in [1.807, 2.05) is 36.4 Å². The number of hydrogen-bond donors (Lipinski definition) is 0. The Hall–Kier alpha value is -2.92. The molecule has 0 radical (unpaired) electrons. The lowest BCUT2D eigenvalue weighted by Crippen LogP contribution is -1.89. The van der Waals surface area contributed by atoms with Crippen molar-refractivity contribution in [1.82, 2.24) is 4.98 Å². The van der Waals surface area contributed by atoms with Crippen molar-refractivity contribution in [3.8, 4) is 10.8 Å². The van der Waals surface area contributed by atoms with Crippen LogP contribution in [0.5, 0.6) is 0 Å². The first-order chi connectivity index (χ1) is 11.3. The number of para-hydroxylation sites is 1. The van der Waals surface area contributed by atoms with Crippen molar-refractivity contribution in [2.24, 2.45) is 0 Å². The molecule has 0 unspecified atom stereocenters. The molecule has 0 amide bonds. The van der Waals surface area contributed by atoms with Crippen LogP contribution in [0, 0.1) is 0 Å². The molecule has 0 N–H and O–H groups in total. The summed E-state index contributed by atoms with van der Waals surface area (Å²) >= 11 is 1.58. The number of furan rings is 2. The summed E-state index contributed by atoms with van der Waals surface area (Å²) in [5.41, 5.74) is 0.953. The maximum atomic E-state index is 11.8. The van der Waals surface area contributed by atoms with E-state index >= 15 is 0 Å². The fraction of sp³-hybridized carbons (Fsp3) is 0. The number of ketones is 1. The van der Waals surface area contributed by atoms with Crippen molar-refractivity contribution in [2.45, 2.75) is 0 Å². The van der Waals surface area contributed by atoms with Gasteiger partial charge in [-0.25, -0.2) is 4.98 Å². The molecule has 112 valence electrons. The summed E-state index contributed by atoms with van der Waals surface area (Å²) in [6.07, 6.45) is 4.53. The minimum atomic E-state index is -0.201. The van der Waals surface area contributed by atoms with Crippen LogP contribution in [-0.4, -0.2) is 10.8 Å². The first kappa shape index (κ1) is 13.7. The number of carbonyl (C=O) groups excluding carboxylic acids is 1. The SMILES string of the molecule is O=C(C=Cc1ccc(-c2nc3ccccc3s2)o1)c1ccco1. The molecule has 0 fully saturated rings. The molecule has 5 heteroatoms. The first-order valence-electron chi connectivity index (χ1n) is 7.01. The number of nitrogens with zero attached hydrogens (tertiary/aromatic N) is 1. The van der Waals surface area contributed by atoms with Crippen molar-refractivity contribution in [1.29, 1.82) is 0 Å². The van der Waals surface area contributed by atoms with Crippen LogP contribution in [-0.2, 0) is 0 Å². The second kappa shape index (κ2) is 5.70. The van der Waals surface area contributed by atoms with Gasteiger partial charge in [-0.05, 0) is 48.6 Å². The van der Waals surface area contributed by atoms with Crippen LogP contribution < -0.4 is 0 Å². The molecule has 0 saturated heterocycles. The van der Waals surface area contributed by atoms with Crippen LogP contribution in [0.3, 0.4) is 0 Å². The molecule has 3 heterocycles. The molecule has 0 atom stereocenters. The lowest BCUT2D eigenvalue weighted by atomic mass is 10.2. The Kier molecular flexibility index (Phi) is 3.40. The van der Waals surface area contributed by atoms with E-state index in [1.54, 1.807) is 29.5 Å². The van der Waals surface area contributed by atoms with E-state index < -0.39 is 0 Å². The minimum Gasteiger partial charge on any atom is -0.461 e. The molecule has 0 aliphatic rings. The molecule has 4 rings (SSSR count). The van der Waals surface area contributed by atoms with Crippen LogP contribution in [0.4, 0.5) is 0 Å². The molecule has 1 aromatic carbocycles. The van der Waals surface area contributed by atoms with E-state index in [9.17, 15) is 4.79 Å². The van der Waals surface area contributed by atoms with Gasteiger partial charge in [0, 0.05) is 0 Å². The minimum absolute atomic E-state index is 0.201. The molecular weight excluding hydrogens is 310 g/mol. The second-order valence-electron chi connectivity index (χ2n) is 4.86. The first-order valence-corrected chi connectivity index (χ1v) is 7.83. The van der Waals surface area contributed by atoms with Gasteiger partial charge in [0.1, 0.15) is 5.76 Å². The molecule has 0 aliphatic heterocycles. The van der Waals surface area contributed by atoms with Gasteiger partial charge in [0.2, 0.25) is 5.78 Å². The highest BCUT2D eigenvalue weighted by atomic mass is 32.1. The number of rotatable bonds is 4. The van der Waals surface area contributed by atoms with Gasteiger partial charge in [0.25, 0.3) is 0 Å². The monoisotopic (exact) mass is 321 g/mol. The van der Waals surface area contributed by atoms with Crippen molar-refractivity contribution in [2.75, 3.05) is 0 Å². The lowest BCUT2D eigenvalue weighted by Gasteiger charge is -1.89. The molecule has 0 bridgehead atoms. The molecular formula is C18H11NO3S. The summed E-state index contributed by atoms with van der Waals surface area (Å²) in [7, 11) is 0. The van der Waals surface area contributed by atoms with Crippen LogP contribution >= 0.6 is 11.3 Å². The normalized spacial score (nSPS) is 11.5. The molecule has 0 aliphatic carbocycles. The Bertz CT molecular complexity index is 959. The standard InChI is InChI=1S/C18H11NO3S/c20-14(15-5-3-11-21-15)9-7-12-8-10-16(22-12)18-19-13-4-1-2-6-17(13)23-18/h1-11H. The maximum absolute atomic E-state index is 11.8. The average Bonchev–Trinajstić information content (AvgIpc) is 3.31. The Morgan fingerprint density at radius 1 is 1.09 bits per heavy atom. The summed E-state index contributed by atoms with van der Waals surface area (Å²) < 4.78 is 11.9. The van der Waals surface area contributed by atoms with Gasteiger partial charge < -0.3 is 8.83 Å². The maximum Gasteiger partial charge on any atom is 0.221 e. The summed E-state index contributed by atoms with van der Waals surface area (Å²) in [6.45, 7) is 0. The van der Waals surface area contributed by atoms with E-state index in [4.69, 9.17) is 8.83 Å². The number of benzene rings is 1. The molecule has 23 heavy (non-hydrogen) atoms. The van der Waals surface area contributed by atoms with E-state index in [1.165, 1.54) is 12.3 Å². The third-order valence-electron chi connectivity index (χ3n) is 3.29. The summed E-state index contributed by atoms with van der Waals surface area (Å²) in [4.78, 5) is 16.4. The van der Waals surface area contributed by atoms with Crippen LogP contribution in [0.15, 0.2) is 69.7 Å². The quantitative estimate of drug-likeness (QED) is 0.390. The van der Waals surface area contributed by atoms with E-state index in [0.29, 0.717) is 17.3 Å². The number of carbonyl (C=O) groups is 1. The van der Waals surface area contributed by atoms with Gasteiger partial charge in [0.15, 0.2) is 16.5 Å². The zero-order valence-electron chi connectivity index (χ0n) is 11.9. The van der Waals surface area contributed by atoms with Crippen molar-refractivity contribution in [3.05, 3.63) is 72.4 Å². The zero-order chi connectivity index (χ0) is 15.6. The lowest BCUT2D eigenvalue weighted by molar-refractivity contribution is 0.102. The fourth-order valence-electron chi connectivity index (χ4n) is 2.19. The molecule has 3 aromatic heterocycles. The van der Waals surface area contributed by atoms with Crippen LogP contribution in [0.2, 0.25) is 0 Å². The van der Waals surface area contributed by atoms with Gasteiger partial charge in [-0.3, -0.25) is 4.79 Å². The number of aromatic nitrogens is 1. The topological polar surface area (TPSA) is 56.2 Å². The Morgan fingerprint density at radius 3 is 2.83 bits per heavy atom. The van der Waals surface area contributed by atoms with Gasteiger partial charge in [-0.15, -0.1) is 11.3 Å². The predicted molar refractivity (Wildman–Crippen MR) is 89.4 cm³/mol. The van der Waals surface area contributed by atoms with Crippen LogP contribution in [0.1, 0.15) is 16.3 Å². The Balaban J connectivity index is 1.58. The highest BCUT2D eigenvalue weighted by molar-refractivity contribution is 7.21. The predicted octanol–water partition coefficient (Wildman–Crippen LogP) is 5.05. The number of fused-ring (bicyclic) bond motifs is 1. The average molecular weight is 321 g/mol. The van der Waals surface area contributed by atoms with E-state index in [0.717, 1.165) is 15.2 Å². The number of allylic oxidation sites excluding steroid dienone is 1. The fourth-order valence-corrected chi connectivity index (χ4v) is 3.12. The van der Waals surface area contributed by atoms with Crippen LogP contribution in [0.25, 0.3) is 27.1 Å². The Labute approximate surface area is 135 Å². The van der Waals surface area contributed by atoms with E-state index in [2.05, 4.69) is 4.98 Å². The van der Waals surface area contributed by atoms with Gasteiger partial charge >= 0.3 is 0 Å². The highest BCUT2D eigenvalue weighted by Gasteiger charge is 2.10. The number of thiazole rings is 1. The van der Waals surface area contributed by atoms with Gasteiger partial charge in [0.05, 0.1) is 16.5 Å². The molecule has 0 spiro atoms. The van der Waals surface area contributed by atoms with E-state index in [-0.39, 0.29) is 5.78 Å². The summed E-state index contributed by atoms with van der Waals surface area (Å²) in [6, 6.07) is 14.9.